The molecule has 1 amide bonds. The van der Waals surface area contributed by atoms with Crippen molar-refractivity contribution in [3.8, 4) is 0 Å². The van der Waals surface area contributed by atoms with Gasteiger partial charge in [0.15, 0.2) is 5.69 Å². The summed E-state index contributed by atoms with van der Waals surface area (Å²) < 4.78 is 38.2. The average molecular weight is 320 g/mol. The first-order valence-corrected chi connectivity index (χ1v) is 7.03. The molecule has 0 unspecified atom stereocenters. The topological polar surface area (TPSA) is 54.0 Å². The molecule has 2 aliphatic rings. The molecule has 2 N–H and O–H groups in total. The van der Waals surface area contributed by atoms with E-state index >= 15 is 0 Å². The maximum atomic E-state index is 12.7. The van der Waals surface area contributed by atoms with Crippen LogP contribution in [0, 0.1) is 0 Å². The second kappa shape index (κ2) is 5.14. The largest absolute Gasteiger partial charge is 0.434 e. The molecule has 8 heteroatoms. The minimum absolute atomic E-state index is 0.0527. The van der Waals surface area contributed by atoms with Crippen LogP contribution in [0.3, 0.4) is 0 Å². The quantitative estimate of drug-likeness (QED) is 0.880. The molecule has 0 radical (unpaired) electrons. The predicted molar refractivity (Wildman–Crippen MR) is 70.1 cm³/mol. The minimum atomic E-state index is -4.68. The van der Waals surface area contributed by atoms with Crippen LogP contribution >= 0.6 is 11.6 Å². The predicted octanol–water partition coefficient (Wildman–Crippen LogP) is 2.38. The Morgan fingerprint density at radius 3 is 2.71 bits per heavy atom. The molecule has 1 aromatic heterocycles. The molecule has 2 bridgehead atoms. The summed E-state index contributed by atoms with van der Waals surface area (Å²) in [6.07, 6.45) is -1.83. The van der Waals surface area contributed by atoms with Crippen molar-refractivity contribution >= 4 is 17.5 Å². The first kappa shape index (κ1) is 14.6. The van der Waals surface area contributed by atoms with Crippen molar-refractivity contribution in [2.24, 2.45) is 0 Å². The van der Waals surface area contributed by atoms with Crippen LogP contribution in [0.25, 0.3) is 0 Å². The van der Waals surface area contributed by atoms with Gasteiger partial charge in [-0.25, -0.2) is 4.98 Å². The molecule has 114 valence electrons. The molecular weight excluding hydrogens is 307 g/mol. The first-order valence-electron chi connectivity index (χ1n) is 6.65. The van der Waals surface area contributed by atoms with E-state index in [4.69, 9.17) is 11.6 Å². The highest BCUT2D eigenvalue weighted by Gasteiger charge is 2.40. The Hall–Kier alpha value is -1.34. The SMILES string of the molecule is O=C(N[C@@H]1C[C@H]2CC[C@@H]1N2)c1ccc(Cl)c(C(F)(F)F)n1. The number of hydrogen-bond donors (Lipinski definition) is 2. The Kier molecular flexibility index (Phi) is 3.57. The maximum Gasteiger partial charge on any atom is 0.434 e. The van der Waals surface area contributed by atoms with Crippen LogP contribution in [0.2, 0.25) is 5.02 Å². The summed E-state index contributed by atoms with van der Waals surface area (Å²) in [5, 5.41) is 5.58. The van der Waals surface area contributed by atoms with E-state index in [1.165, 1.54) is 6.07 Å². The summed E-state index contributed by atoms with van der Waals surface area (Å²) in [4.78, 5) is 15.4. The third-order valence-electron chi connectivity index (χ3n) is 3.96. The number of fused-ring (bicyclic) bond motifs is 2. The normalized spacial score (nSPS) is 27.9. The van der Waals surface area contributed by atoms with Crippen molar-refractivity contribution in [1.82, 2.24) is 15.6 Å². The van der Waals surface area contributed by atoms with Gasteiger partial charge in [-0.1, -0.05) is 11.6 Å². The fourth-order valence-electron chi connectivity index (χ4n) is 2.99. The van der Waals surface area contributed by atoms with Crippen molar-refractivity contribution in [2.45, 2.75) is 43.6 Å². The molecule has 3 heterocycles. The summed E-state index contributed by atoms with van der Waals surface area (Å²) in [6.45, 7) is 0. The van der Waals surface area contributed by atoms with Gasteiger partial charge in [-0.15, -0.1) is 0 Å². The Morgan fingerprint density at radius 1 is 1.38 bits per heavy atom. The van der Waals surface area contributed by atoms with Crippen LogP contribution in [0.1, 0.15) is 35.4 Å². The zero-order valence-electron chi connectivity index (χ0n) is 10.9. The molecule has 3 rings (SSSR count). The number of carbonyl (C=O) groups excluding carboxylic acids is 1. The number of nitrogens with one attached hydrogen (secondary N) is 2. The highest BCUT2D eigenvalue weighted by molar-refractivity contribution is 6.31. The smallest absolute Gasteiger partial charge is 0.346 e. The third-order valence-corrected chi connectivity index (χ3v) is 4.27. The molecule has 0 saturated carbocycles. The first-order chi connectivity index (χ1) is 9.84. The second-order valence-corrected chi connectivity index (χ2v) is 5.79. The lowest BCUT2D eigenvalue weighted by atomic mass is 9.95. The van der Waals surface area contributed by atoms with Gasteiger partial charge in [-0.2, -0.15) is 13.2 Å². The van der Waals surface area contributed by atoms with Gasteiger partial charge in [0, 0.05) is 18.1 Å². The van der Waals surface area contributed by atoms with Crippen LogP contribution in [0.5, 0.6) is 0 Å². The third kappa shape index (κ3) is 2.85. The Bertz CT molecular complexity index is 578. The van der Waals surface area contributed by atoms with E-state index in [1.54, 1.807) is 0 Å². The number of amides is 1. The van der Waals surface area contributed by atoms with Crippen molar-refractivity contribution in [3.05, 3.63) is 28.5 Å². The Morgan fingerprint density at radius 2 is 2.14 bits per heavy atom. The zero-order chi connectivity index (χ0) is 15.2. The molecule has 3 atom stereocenters. The molecule has 21 heavy (non-hydrogen) atoms. The van der Waals surface area contributed by atoms with Gasteiger partial charge in [0.2, 0.25) is 0 Å². The number of carbonyl (C=O) groups is 1. The number of hydrogen-bond acceptors (Lipinski definition) is 3. The number of pyridine rings is 1. The van der Waals surface area contributed by atoms with Gasteiger partial charge in [0.25, 0.3) is 5.91 Å². The number of nitrogens with zero attached hydrogens (tertiary/aromatic N) is 1. The van der Waals surface area contributed by atoms with Crippen molar-refractivity contribution in [2.75, 3.05) is 0 Å². The van der Waals surface area contributed by atoms with Crippen LogP contribution in [0.15, 0.2) is 12.1 Å². The number of alkyl halides is 3. The molecule has 0 spiro atoms. The van der Waals surface area contributed by atoms with Crippen LogP contribution < -0.4 is 10.6 Å². The molecule has 1 aromatic rings. The van der Waals surface area contributed by atoms with E-state index in [2.05, 4.69) is 15.6 Å². The Labute approximate surface area is 124 Å². The molecule has 0 aliphatic carbocycles. The summed E-state index contributed by atoms with van der Waals surface area (Å²) in [6, 6.07) is 2.79. The van der Waals surface area contributed by atoms with Gasteiger partial charge in [0.05, 0.1) is 5.02 Å². The van der Waals surface area contributed by atoms with Crippen LogP contribution in [0.4, 0.5) is 13.2 Å². The van der Waals surface area contributed by atoms with Crippen molar-refractivity contribution in [1.29, 1.82) is 0 Å². The summed E-state index contributed by atoms with van der Waals surface area (Å²) >= 11 is 5.48. The zero-order valence-corrected chi connectivity index (χ0v) is 11.6. The average Bonchev–Trinajstić information content (AvgIpc) is 3.00. The van der Waals surface area contributed by atoms with E-state index in [9.17, 15) is 18.0 Å². The second-order valence-electron chi connectivity index (χ2n) is 5.39. The van der Waals surface area contributed by atoms with E-state index in [0.717, 1.165) is 25.3 Å². The molecule has 4 nitrogen and oxygen atoms in total. The molecule has 0 aromatic carbocycles. The van der Waals surface area contributed by atoms with E-state index in [0.29, 0.717) is 6.04 Å². The molecule has 2 aliphatic heterocycles. The fourth-order valence-corrected chi connectivity index (χ4v) is 3.21. The fraction of sp³-hybridized carbons (Fsp3) is 0.538. The van der Waals surface area contributed by atoms with Crippen LogP contribution in [-0.4, -0.2) is 29.0 Å². The highest BCUT2D eigenvalue weighted by atomic mass is 35.5. The van der Waals surface area contributed by atoms with Crippen molar-refractivity contribution < 1.29 is 18.0 Å². The number of halogens is 4. The van der Waals surface area contributed by atoms with Gasteiger partial charge in [0.1, 0.15) is 5.69 Å². The van der Waals surface area contributed by atoms with Gasteiger partial charge in [-0.05, 0) is 31.4 Å². The van der Waals surface area contributed by atoms with Crippen LogP contribution in [-0.2, 0) is 6.18 Å². The lowest BCUT2D eigenvalue weighted by Crippen LogP contribution is -2.43. The number of rotatable bonds is 2. The highest BCUT2D eigenvalue weighted by Crippen LogP contribution is 2.33. The lowest BCUT2D eigenvalue weighted by molar-refractivity contribution is -0.141. The molecule has 2 saturated heterocycles. The minimum Gasteiger partial charge on any atom is -0.346 e. The van der Waals surface area contributed by atoms with Gasteiger partial charge >= 0.3 is 6.18 Å². The van der Waals surface area contributed by atoms with E-state index in [1.807, 2.05) is 0 Å². The standard InChI is InChI=1S/C13H13ClF3N3O/c14-7-2-4-9(19-11(7)13(15,16)17)12(21)20-10-5-6-1-3-8(10)18-6/h2,4,6,8,10,18H,1,3,5H2,(H,20,21)/t6-,8+,10-/m1/s1. The summed E-state index contributed by atoms with van der Waals surface area (Å²) in [5.74, 6) is -0.600. The van der Waals surface area contributed by atoms with E-state index in [-0.39, 0.29) is 17.8 Å². The summed E-state index contributed by atoms with van der Waals surface area (Å²) in [7, 11) is 0. The summed E-state index contributed by atoms with van der Waals surface area (Å²) in [5.41, 5.74) is -1.50. The maximum absolute atomic E-state index is 12.7. The van der Waals surface area contributed by atoms with Gasteiger partial charge in [-0.3, -0.25) is 4.79 Å². The van der Waals surface area contributed by atoms with Crippen molar-refractivity contribution in [3.63, 3.8) is 0 Å². The monoisotopic (exact) mass is 319 g/mol. The Balaban J connectivity index is 1.76. The van der Waals surface area contributed by atoms with Gasteiger partial charge < -0.3 is 10.6 Å². The lowest BCUT2D eigenvalue weighted by Gasteiger charge is -2.21. The molecular formula is C13H13ClF3N3O. The molecule has 2 fully saturated rings. The number of aromatic nitrogens is 1. The van der Waals surface area contributed by atoms with E-state index < -0.39 is 22.8 Å².